The largest absolute Gasteiger partial charge is 0.308 e. The highest BCUT2D eigenvalue weighted by molar-refractivity contribution is 7.16. The van der Waals surface area contributed by atoms with E-state index in [1.165, 1.54) is 11.3 Å². The van der Waals surface area contributed by atoms with E-state index in [0.29, 0.717) is 28.2 Å². The summed E-state index contributed by atoms with van der Waals surface area (Å²) in [6, 6.07) is 14.7. The van der Waals surface area contributed by atoms with Gasteiger partial charge in [-0.05, 0) is 55.7 Å². The van der Waals surface area contributed by atoms with E-state index in [0.717, 1.165) is 47.4 Å². The molecule has 9 heteroatoms. The number of hydrogen-bond acceptors (Lipinski definition) is 5. The van der Waals surface area contributed by atoms with Gasteiger partial charge in [-0.15, -0.1) is 11.3 Å². The summed E-state index contributed by atoms with van der Waals surface area (Å²) in [6.07, 6.45) is 2.53. The van der Waals surface area contributed by atoms with Gasteiger partial charge in [-0.25, -0.2) is 9.97 Å². The molecule has 33 heavy (non-hydrogen) atoms. The van der Waals surface area contributed by atoms with Crippen molar-refractivity contribution in [2.45, 2.75) is 31.7 Å². The van der Waals surface area contributed by atoms with Crippen LogP contribution in [0.2, 0.25) is 5.02 Å². The van der Waals surface area contributed by atoms with Crippen LogP contribution in [0.5, 0.6) is 0 Å². The third kappa shape index (κ3) is 3.50. The molecule has 2 amide bonds. The molecule has 0 spiro atoms. The molecule has 166 valence electrons. The van der Waals surface area contributed by atoms with E-state index in [9.17, 15) is 9.59 Å². The number of carbonyl (C=O) groups is 2. The number of thiazole rings is 1. The molecule has 1 aliphatic carbocycles. The molecule has 1 aliphatic heterocycles. The topological polar surface area (TPSA) is 80.1 Å². The molecule has 0 fully saturated rings. The van der Waals surface area contributed by atoms with Crippen LogP contribution in [0.3, 0.4) is 0 Å². The van der Waals surface area contributed by atoms with Crippen LogP contribution in [0.1, 0.15) is 39.7 Å². The Morgan fingerprint density at radius 1 is 1.06 bits per heavy atom. The summed E-state index contributed by atoms with van der Waals surface area (Å²) >= 11 is 7.37. The summed E-state index contributed by atoms with van der Waals surface area (Å²) in [5.74, 6) is 0.178. The Morgan fingerprint density at radius 3 is 2.73 bits per heavy atom. The van der Waals surface area contributed by atoms with E-state index in [1.54, 1.807) is 29.2 Å². The highest BCUT2D eigenvalue weighted by atomic mass is 35.5. The quantitative estimate of drug-likeness (QED) is 0.456. The lowest BCUT2D eigenvalue weighted by atomic mass is 9.90. The SMILES string of the molecule is O=C(Nc1nc2c(s1)CCCC2C(=O)N1CCn2c1nc1ccccc12)c1ccc(Cl)cc1. The summed E-state index contributed by atoms with van der Waals surface area (Å²) in [5.41, 5.74) is 3.25. The predicted octanol–water partition coefficient (Wildman–Crippen LogP) is 4.87. The van der Waals surface area contributed by atoms with E-state index in [4.69, 9.17) is 21.6 Å². The molecule has 3 heterocycles. The number of amides is 2. The molecule has 1 atom stereocenters. The molecule has 0 radical (unpaired) electrons. The number of halogens is 1. The minimum atomic E-state index is -0.322. The van der Waals surface area contributed by atoms with E-state index >= 15 is 0 Å². The maximum absolute atomic E-state index is 13.6. The summed E-state index contributed by atoms with van der Waals surface area (Å²) < 4.78 is 2.11. The molecular weight excluding hydrogens is 458 g/mol. The molecule has 6 rings (SSSR count). The first-order valence-electron chi connectivity index (χ1n) is 10.9. The van der Waals surface area contributed by atoms with Gasteiger partial charge >= 0.3 is 0 Å². The van der Waals surface area contributed by atoms with Crippen LogP contribution >= 0.6 is 22.9 Å². The Kier molecular flexibility index (Phi) is 4.92. The zero-order valence-corrected chi connectivity index (χ0v) is 19.2. The second-order valence-corrected chi connectivity index (χ2v) is 9.80. The number of aromatic nitrogens is 3. The van der Waals surface area contributed by atoms with E-state index in [2.05, 4.69) is 9.88 Å². The van der Waals surface area contributed by atoms with Gasteiger partial charge in [0.1, 0.15) is 0 Å². The van der Waals surface area contributed by atoms with E-state index < -0.39 is 0 Å². The van der Waals surface area contributed by atoms with Crippen molar-refractivity contribution in [3.63, 3.8) is 0 Å². The van der Waals surface area contributed by atoms with Gasteiger partial charge in [-0.2, -0.15) is 0 Å². The zero-order valence-electron chi connectivity index (χ0n) is 17.6. The van der Waals surface area contributed by atoms with Gasteiger partial charge in [-0.3, -0.25) is 19.8 Å². The number of rotatable bonds is 3. The number of para-hydroxylation sites is 2. The molecular formula is C24H20ClN5O2S. The number of fused-ring (bicyclic) bond motifs is 4. The van der Waals surface area contributed by atoms with Crippen LogP contribution in [0.25, 0.3) is 11.0 Å². The molecule has 0 saturated carbocycles. The maximum atomic E-state index is 13.6. The second-order valence-electron chi connectivity index (χ2n) is 8.28. The normalized spacial score (nSPS) is 17.1. The number of carbonyl (C=O) groups excluding carboxylic acids is 2. The number of aryl methyl sites for hydroxylation is 1. The second kappa shape index (κ2) is 7.97. The van der Waals surface area contributed by atoms with Crippen molar-refractivity contribution in [1.82, 2.24) is 14.5 Å². The van der Waals surface area contributed by atoms with E-state index in [1.807, 2.05) is 24.3 Å². The molecule has 0 saturated heterocycles. The lowest BCUT2D eigenvalue weighted by Crippen LogP contribution is -2.35. The number of anilines is 2. The number of nitrogens with one attached hydrogen (secondary N) is 1. The van der Waals surface area contributed by atoms with Gasteiger partial charge in [0.2, 0.25) is 11.9 Å². The summed E-state index contributed by atoms with van der Waals surface area (Å²) in [6.45, 7) is 1.35. The molecule has 2 aliphatic rings. The van der Waals surface area contributed by atoms with Crippen molar-refractivity contribution >= 4 is 56.9 Å². The first-order valence-corrected chi connectivity index (χ1v) is 12.1. The van der Waals surface area contributed by atoms with Gasteiger partial charge < -0.3 is 4.57 Å². The van der Waals surface area contributed by atoms with Gasteiger partial charge in [0.25, 0.3) is 5.91 Å². The molecule has 2 aromatic heterocycles. The average molecular weight is 478 g/mol. The Bertz CT molecular complexity index is 1390. The third-order valence-electron chi connectivity index (χ3n) is 6.27. The monoisotopic (exact) mass is 477 g/mol. The van der Waals surface area contributed by atoms with Gasteiger partial charge in [-0.1, -0.05) is 23.7 Å². The summed E-state index contributed by atoms with van der Waals surface area (Å²) in [7, 11) is 0. The fourth-order valence-electron chi connectivity index (χ4n) is 4.67. The Hall–Kier alpha value is -3.23. The number of imidazole rings is 1. The van der Waals surface area contributed by atoms with Crippen molar-refractivity contribution in [1.29, 1.82) is 0 Å². The smallest absolute Gasteiger partial charge is 0.257 e. The third-order valence-corrected chi connectivity index (χ3v) is 7.57. The number of benzene rings is 2. The van der Waals surface area contributed by atoms with Gasteiger partial charge in [0.05, 0.1) is 22.6 Å². The van der Waals surface area contributed by atoms with Crippen molar-refractivity contribution in [2.24, 2.45) is 0 Å². The standard InChI is InChI=1S/C24H20ClN5O2S/c25-15-10-8-14(9-11-15)21(31)28-23-27-20-16(4-3-7-19(20)33-23)22(32)30-13-12-29-18-6-2-1-5-17(18)26-24(29)30/h1-2,5-6,8-11,16H,3-4,7,12-13H2,(H,27,28,31). The maximum Gasteiger partial charge on any atom is 0.257 e. The van der Waals surface area contributed by atoms with Crippen LogP contribution < -0.4 is 10.2 Å². The van der Waals surface area contributed by atoms with Crippen molar-refractivity contribution < 1.29 is 9.59 Å². The molecule has 0 bridgehead atoms. The first-order chi connectivity index (χ1) is 16.1. The average Bonchev–Trinajstić information content (AvgIpc) is 3.51. The van der Waals surface area contributed by atoms with Crippen LogP contribution in [0, 0.1) is 0 Å². The van der Waals surface area contributed by atoms with E-state index in [-0.39, 0.29) is 17.7 Å². The van der Waals surface area contributed by atoms with Gasteiger partial charge in [0.15, 0.2) is 5.13 Å². The molecule has 1 N–H and O–H groups in total. The number of nitrogens with zero attached hydrogens (tertiary/aromatic N) is 4. The minimum Gasteiger partial charge on any atom is -0.308 e. The van der Waals surface area contributed by atoms with Crippen LogP contribution in [-0.4, -0.2) is 32.9 Å². The van der Waals surface area contributed by atoms with Crippen molar-refractivity contribution in [2.75, 3.05) is 16.8 Å². The minimum absolute atomic E-state index is 0.0332. The fourth-order valence-corrected chi connectivity index (χ4v) is 5.85. The molecule has 1 unspecified atom stereocenters. The molecule has 7 nitrogen and oxygen atoms in total. The highest BCUT2D eigenvalue weighted by Gasteiger charge is 2.37. The Labute approximate surface area is 199 Å². The van der Waals surface area contributed by atoms with Crippen LogP contribution in [0.4, 0.5) is 11.1 Å². The van der Waals surface area contributed by atoms with Crippen molar-refractivity contribution in [3.8, 4) is 0 Å². The Morgan fingerprint density at radius 2 is 1.88 bits per heavy atom. The zero-order chi connectivity index (χ0) is 22.5. The fraction of sp³-hybridized carbons (Fsp3) is 0.250. The van der Waals surface area contributed by atoms with Crippen LogP contribution in [-0.2, 0) is 17.8 Å². The first kappa shape index (κ1) is 20.4. The number of hydrogen-bond donors (Lipinski definition) is 1. The lowest BCUT2D eigenvalue weighted by molar-refractivity contribution is -0.120. The Balaban J connectivity index is 1.26. The predicted molar refractivity (Wildman–Crippen MR) is 129 cm³/mol. The summed E-state index contributed by atoms with van der Waals surface area (Å²) in [5, 5.41) is 3.98. The molecule has 2 aromatic carbocycles. The molecule has 4 aromatic rings. The van der Waals surface area contributed by atoms with Gasteiger partial charge in [0, 0.05) is 28.6 Å². The summed E-state index contributed by atoms with van der Waals surface area (Å²) in [4.78, 5) is 38.5. The highest BCUT2D eigenvalue weighted by Crippen LogP contribution is 2.39. The van der Waals surface area contributed by atoms with Crippen LogP contribution in [0.15, 0.2) is 48.5 Å². The lowest BCUT2D eigenvalue weighted by Gasteiger charge is -2.24. The van der Waals surface area contributed by atoms with Crippen molar-refractivity contribution in [3.05, 3.63) is 69.7 Å².